The quantitative estimate of drug-likeness (QED) is 0.601. The van der Waals surface area contributed by atoms with Gasteiger partial charge >= 0.3 is 6.01 Å². The minimum Gasteiger partial charge on any atom is -0.401 e. The van der Waals surface area contributed by atoms with Crippen LogP contribution >= 0.6 is 0 Å². The predicted octanol–water partition coefficient (Wildman–Crippen LogP) is 2.80. The lowest BCUT2D eigenvalue weighted by atomic mass is 10.2. The molecular formula is C19H21N5O4S. The SMILES string of the molecule is CCCCN(C)S(=O)(=O)c1ccc(C(=O)Nc2nnc(-c3ccccn3)o2)cc1. The Kier molecular flexibility index (Phi) is 6.35. The molecule has 1 amide bonds. The van der Waals surface area contributed by atoms with Gasteiger partial charge in [0.25, 0.3) is 11.8 Å². The number of nitrogens with one attached hydrogen (secondary N) is 1. The first-order chi connectivity index (χ1) is 13.9. The highest BCUT2D eigenvalue weighted by Gasteiger charge is 2.21. The summed E-state index contributed by atoms with van der Waals surface area (Å²) in [5, 5.41) is 10.1. The number of unbranched alkanes of at least 4 members (excludes halogenated alkanes) is 1. The second-order valence-electron chi connectivity index (χ2n) is 6.29. The summed E-state index contributed by atoms with van der Waals surface area (Å²) < 4.78 is 31.8. The molecular weight excluding hydrogens is 394 g/mol. The van der Waals surface area contributed by atoms with E-state index in [1.165, 1.54) is 28.6 Å². The van der Waals surface area contributed by atoms with E-state index in [0.717, 1.165) is 12.8 Å². The molecule has 0 aliphatic rings. The Hall–Kier alpha value is -3.11. The van der Waals surface area contributed by atoms with Crippen LogP contribution in [0.4, 0.5) is 6.01 Å². The molecule has 0 aliphatic carbocycles. The Labute approximate surface area is 168 Å². The van der Waals surface area contributed by atoms with Crippen LogP contribution in [0.3, 0.4) is 0 Å². The number of rotatable bonds is 8. The monoisotopic (exact) mass is 415 g/mol. The van der Waals surface area contributed by atoms with Crippen LogP contribution in [-0.2, 0) is 10.0 Å². The molecule has 9 nitrogen and oxygen atoms in total. The lowest BCUT2D eigenvalue weighted by Gasteiger charge is -2.16. The molecule has 3 aromatic rings. The van der Waals surface area contributed by atoms with Gasteiger partial charge in [-0.3, -0.25) is 15.1 Å². The van der Waals surface area contributed by atoms with Crippen molar-refractivity contribution in [2.24, 2.45) is 0 Å². The first-order valence-electron chi connectivity index (χ1n) is 9.04. The molecule has 0 saturated carbocycles. The van der Waals surface area contributed by atoms with Crippen molar-refractivity contribution >= 4 is 21.9 Å². The lowest BCUT2D eigenvalue weighted by molar-refractivity contribution is 0.102. The van der Waals surface area contributed by atoms with Gasteiger partial charge in [0.05, 0.1) is 4.90 Å². The van der Waals surface area contributed by atoms with Crippen LogP contribution in [0, 0.1) is 0 Å². The Morgan fingerprint density at radius 2 is 1.90 bits per heavy atom. The normalized spacial score (nSPS) is 11.6. The van der Waals surface area contributed by atoms with E-state index in [0.29, 0.717) is 12.2 Å². The van der Waals surface area contributed by atoms with Gasteiger partial charge in [-0.1, -0.05) is 24.5 Å². The smallest absolute Gasteiger partial charge is 0.322 e. The largest absolute Gasteiger partial charge is 0.401 e. The Balaban J connectivity index is 1.69. The van der Waals surface area contributed by atoms with Crippen LogP contribution in [0.2, 0.25) is 0 Å². The highest BCUT2D eigenvalue weighted by atomic mass is 32.2. The molecule has 0 fully saturated rings. The summed E-state index contributed by atoms with van der Waals surface area (Å²) in [7, 11) is -2.04. The third-order valence-corrected chi connectivity index (χ3v) is 6.05. The number of nitrogens with zero attached hydrogens (tertiary/aromatic N) is 4. The molecule has 0 atom stereocenters. The number of pyridine rings is 1. The van der Waals surface area contributed by atoms with E-state index < -0.39 is 15.9 Å². The van der Waals surface area contributed by atoms with Gasteiger partial charge in [0.15, 0.2) is 0 Å². The van der Waals surface area contributed by atoms with Gasteiger partial charge in [-0.25, -0.2) is 12.7 Å². The first kappa shape index (κ1) is 20.6. The highest BCUT2D eigenvalue weighted by molar-refractivity contribution is 7.89. The van der Waals surface area contributed by atoms with Crippen LogP contribution in [0.15, 0.2) is 58.0 Å². The van der Waals surface area contributed by atoms with E-state index in [9.17, 15) is 13.2 Å². The molecule has 0 radical (unpaired) electrons. The maximum Gasteiger partial charge on any atom is 0.322 e. The highest BCUT2D eigenvalue weighted by Crippen LogP contribution is 2.19. The summed E-state index contributed by atoms with van der Waals surface area (Å²) in [6.45, 7) is 2.44. The first-order valence-corrected chi connectivity index (χ1v) is 10.5. The van der Waals surface area contributed by atoms with Crippen LogP contribution in [0.5, 0.6) is 0 Å². The van der Waals surface area contributed by atoms with Crippen molar-refractivity contribution in [2.75, 3.05) is 18.9 Å². The van der Waals surface area contributed by atoms with Crippen molar-refractivity contribution in [3.63, 3.8) is 0 Å². The van der Waals surface area contributed by atoms with Crippen LogP contribution in [0.25, 0.3) is 11.6 Å². The minimum absolute atomic E-state index is 0.0772. The number of carbonyl (C=O) groups is 1. The lowest BCUT2D eigenvalue weighted by Crippen LogP contribution is -2.28. The zero-order valence-corrected chi connectivity index (χ0v) is 16.9. The number of carbonyl (C=O) groups excluding carboxylic acids is 1. The second-order valence-corrected chi connectivity index (χ2v) is 8.33. The fourth-order valence-corrected chi connectivity index (χ4v) is 3.70. The molecule has 0 aliphatic heterocycles. The summed E-state index contributed by atoms with van der Waals surface area (Å²) in [6, 6.07) is 10.8. The Morgan fingerprint density at radius 1 is 1.14 bits per heavy atom. The molecule has 1 aromatic carbocycles. The molecule has 3 rings (SSSR count). The molecule has 29 heavy (non-hydrogen) atoms. The number of aromatic nitrogens is 3. The van der Waals surface area contributed by atoms with Crippen molar-refractivity contribution in [3.05, 3.63) is 54.2 Å². The van der Waals surface area contributed by atoms with Gasteiger partial charge in [0.2, 0.25) is 10.0 Å². The van der Waals surface area contributed by atoms with Gasteiger partial charge in [-0.2, -0.15) is 0 Å². The van der Waals surface area contributed by atoms with Crippen molar-refractivity contribution in [1.29, 1.82) is 0 Å². The number of benzene rings is 1. The summed E-state index contributed by atoms with van der Waals surface area (Å²) >= 11 is 0. The molecule has 2 aromatic heterocycles. The number of anilines is 1. The van der Waals surface area contributed by atoms with Gasteiger partial charge in [0, 0.05) is 25.4 Å². The number of hydrogen-bond donors (Lipinski definition) is 1. The van der Waals surface area contributed by atoms with E-state index >= 15 is 0 Å². The zero-order valence-electron chi connectivity index (χ0n) is 16.1. The molecule has 0 unspecified atom stereocenters. The molecule has 1 N–H and O–H groups in total. The zero-order chi connectivity index (χ0) is 20.9. The van der Waals surface area contributed by atoms with Crippen LogP contribution < -0.4 is 5.32 Å². The summed E-state index contributed by atoms with van der Waals surface area (Å²) in [4.78, 5) is 16.6. The standard InChI is InChI=1S/C19H21N5O4S/c1-3-4-13-24(2)29(26,27)15-10-8-14(9-11-15)17(25)21-19-23-22-18(28-19)16-7-5-6-12-20-16/h5-12H,3-4,13H2,1-2H3,(H,21,23,25). The van der Waals surface area contributed by atoms with Crippen molar-refractivity contribution < 1.29 is 17.6 Å². The molecule has 10 heteroatoms. The number of sulfonamides is 1. The minimum atomic E-state index is -3.59. The van der Waals surface area contributed by atoms with Gasteiger partial charge in [-0.15, -0.1) is 5.10 Å². The van der Waals surface area contributed by atoms with E-state index in [2.05, 4.69) is 20.5 Å². The van der Waals surface area contributed by atoms with Gasteiger partial charge in [-0.05, 0) is 42.8 Å². The summed E-state index contributed by atoms with van der Waals surface area (Å²) in [5.41, 5.74) is 0.750. The third kappa shape index (κ3) is 4.84. The molecule has 152 valence electrons. The molecule has 0 bridgehead atoms. The van der Waals surface area contributed by atoms with Crippen molar-refractivity contribution in [1.82, 2.24) is 19.5 Å². The number of amides is 1. The van der Waals surface area contributed by atoms with E-state index in [1.54, 1.807) is 31.4 Å². The second kappa shape index (κ2) is 8.93. The van der Waals surface area contributed by atoms with Crippen LogP contribution in [0.1, 0.15) is 30.1 Å². The average Bonchev–Trinajstić information content (AvgIpc) is 3.21. The fraction of sp³-hybridized carbons (Fsp3) is 0.263. The molecule has 2 heterocycles. The molecule has 0 spiro atoms. The maximum absolute atomic E-state index is 12.5. The summed E-state index contributed by atoms with van der Waals surface area (Å²) in [6.07, 6.45) is 3.27. The van der Waals surface area contributed by atoms with E-state index in [4.69, 9.17) is 4.42 Å². The topological polar surface area (TPSA) is 118 Å². The number of hydrogen-bond acceptors (Lipinski definition) is 7. The van der Waals surface area contributed by atoms with Gasteiger partial charge in [0.1, 0.15) is 5.69 Å². The Morgan fingerprint density at radius 3 is 2.55 bits per heavy atom. The maximum atomic E-state index is 12.5. The summed E-state index contributed by atoms with van der Waals surface area (Å²) in [5.74, 6) is -0.318. The molecule has 0 saturated heterocycles. The van der Waals surface area contributed by atoms with E-state index in [1.807, 2.05) is 6.92 Å². The Bertz CT molecular complexity index is 1070. The van der Waals surface area contributed by atoms with Gasteiger partial charge < -0.3 is 4.42 Å². The van der Waals surface area contributed by atoms with Crippen molar-refractivity contribution in [3.8, 4) is 11.6 Å². The van der Waals surface area contributed by atoms with E-state index in [-0.39, 0.29) is 22.4 Å². The van der Waals surface area contributed by atoms with Crippen LogP contribution in [-0.4, -0.2) is 47.4 Å². The third-order valence-electron chi connectivity index (χ3n) is 4.18. The van der Waals surface area contributed by atoms with Crippen molar-refractivity contribution in [2.45, 2.75) is 24.7 Å². The fourth-order valence-electron chi connectivity index (χ4n) is 2.49. The average molecular weight is 415 g/mol. The predicted molar refractivity (Wildman–Crippen MR) is 107 cm³/mol.